The van der Waals surface area contributed by atoms with Crippen LogP contribution in [0.3, 0.4) is 0 Å². The van der Waals surface area contributed by atoms with E-state index in [0.29, 0.717) is 23.2 Å². The molecule has 0 unspecified atom stereocenters. The predicted octanol–water partition coefficient (Wildman–Crippen LogP) is 2.74. The van der Waals surface area contributed by atoms with Crippen LogP contribution in [0.4, 0.5) is 5.82 Å². The van der Waals surface area contributed by atoms with Crippen molar-refractivity contribution in [1.82, 2.24) is 24.5 Å². The van der Waals surface area contributed by atoms with Gasteiger partial charge in [0.15, 0.2) is 11.3 Å². The van der Waals surface area contributed by atoms with Crippen molar-refractivity contribution >= 4 is 22.8 Å². The molecule has 9 heteroatoms. The molecule has 0 bridgehead atoms. The fourth-order valence-corrected chi connectivity index (χ4v) is 4.07. The van der Waals surface area contributed by atoms with Gasteiger partial charge in [-0.1, -0.05) is 13.3 Å². The van der Waals surface area contributed by atoms with E-state index < -0.39 is 0 Å². The molecule has 3 aromatic heterocycles. The lowest BCUT2D eigenvalue weighted by Crippen LogP contribution is -2.34. The summed E-state index contributed by atoms with van der Waals surface area (Å²) in [7, 11) is 0. The maximum Gasteiger partial charge on any atom is 0.158 e. The smallest absolute Gasteiger partial charge is 0.158 e. The van der Waals surface area contributed by atoms with Gasteiger partial charge in [0, 0.05) is 21.0 Å². The SMILES string of the molecule is CC[C@@H]1C[C@H](Nc2cnc(C#N)cn2)C[C@@H]1C(=N)n1c(=N)cnc2[nH]ccc21.[HH].[HH]. The number of nitrogens with one attached hydrogen (secondary N) is 4. The first kappa shape index (κ1) is 17.9. The second-order valence-electron chi connectivity index (χ2n) is 7.06. The fourth-order valence-electron chi connectivity index (χ4n) is 4.07. The van der Waals surface area contributed by atoms with Crippen LogP contribution in [0.5, 0.6) is 0 Å². The molecule has 3 atom stereocenters. The van der Waals surface area contributed by atoms with E-state index in [1.165, 1.54) is 12.4 Å². The Morgan fingerprint density at radius 2 is 2.21 bits per heavy atom. The molecule has 0 amide bonds. The number of rotatable bonds is 4. The minimum Gasteiger partial charge on any atom is -0.366 e. The molecule has 0 aromatic carbocycles. The first-order valence-corrected chi connectivity index (χ1v) is 9.28. The van der Waals surface area contributed by atoms with E-state index in [1.807, 2.05) is 12.1 Å². The summed E-state index contributed by atoms with van der Waals surface area (Å²) in [6.45, 7) is 2.14. The zero-order valence-electron chi connectivity index (χ0n) is 15.5. The highest BCUT2D eigenvalue weighted by molar-refractivity contribution is 5.91. The summed E-state index contributed by atoms with van der Waals surface area (Å²) >= 11 is 0. The highest BCUT2D eigenvalue weighted by atomic mass is 15.1. The third kappa shape index (κ3) is 3.13. The summed E-state index contributed by atoms with van der Waals surface area (Å²) < 4.78 is 1.68. The molecule has 1 aliphatic rings. The van der Waals surface area contributed by atoms with Gasteiger partial charge in [0.25, 0.3) is 0 Å². The summed E-state index contributed by atoms with van der Waals surface area (Å²) in [6.07, 6.45) is 8.93. The summed E-state index contributed by atoms with van der Waals surface area (Å²) in [6, 6.07) is 3.98. The van der Waals surface area contributed by atoms with Crippen LogP contribution in [0.2, 0.25) is 0 Å². The largest absolute Gasteiger partial charge is 0.366 e. The van der Waals surface area contributed by atoms with E-state index in [-0.39, 0.29) is 26.0 Å². The molecular weight excluding hydrogens is 354 g/mol. The van der Waals surface area contributed by atoms with E-state index in [9.17, 15) is 0 Å². The van der Waals surface area contributed by atoms with E-state index in [2.05, 4.69) is 32.2 Å². The van der Waals surface area contributed by atoms with Crippen molar-refractivity contribution in [2.45, 2.75) is 32.2 Å². The second-order valence-corrected chi connectivity index (χ2v) is 7.06. The van der Waals surface area contributed by atoms with Gasteiger partial charge in [0.2, 0.25) is 0 Å². The molecule has 3 heterocycles. The van der Waals surface area contributed by atoms with Gasteiger partial charge in [-0.2, -0.15) is 5.26 Å². The standard InChI is InChI=1S/C19H21N9.2H2/c1-2-11-5-12(27-17-10-24-13(7-20)8-25-17)6-14(11)18(22)28-15-3-4-23-19(15)26-9-16(28)21;;/h3-4,8-12,14,21-23H,2,5-6H2,1H3,(H,25,27);2*1H/t11-,12+,14+;;/m1../s1. The number of hydrogen-bond donors (Lipinski definition) is 4. The molecule has 1 saturated carbocycles. The van der Waals surface area contributed by atoms with E-state index in [4.69, 9.17) is 16.1 Å². The summed E-state index contributed by atoms with van der Waals surface area (Å²) in [5.41, 5.74) is 1.92. The molecule has 0 spiro atoms. The number of aromatic amines is 1. The van der Waals surface area contributed by atoms with Crippen LogP contribution < -0.4 is 10.8 Å². The Kier molecular flexibility index (Phi) is 4.61. The summed E-state index contributed by atoms with van der Waals surface area (Å²) in [5.74, 6) is 1.43. The summed E-state index contributed by atoms with van der Waals surface area (Å²) in [4.78, 5) is 15.6. The normalized spacial score (nSPS) is 21.5. The molecule has 1 fully saturated rings. The highest BCUT2D eigenvalue weighted by Crippen LogP contribution is 2.36. The van der Waals surface area contributed by atoms with Crippen LogP contribution in [-0.4, -0.2) is 36.4 Å². The number of aromatic nitrogens is 5. The van der Waals surface area contributed by atoms with Gasteiger partial charge >= 0.3 is 0 Å². The van der Waals surface area contributed by atoms with Crippen molar-refractivity contribution in [3.05, 3.63) is 42.0 Å². The first-order valence-electron chi connectivity index (χ1n) is 9.28. The van der Waals surface area contributed by atoms with Gasteiger partial charge < -0.3 is 10.3 Å². The van der Waals surface area contributed by atoms with Crippen LogP contribution in [0.25, 0.3) is 11.2 Å². The number of fused-ring (bicyclic) bond motifs is 1. The monoisotopic (exact) mass is 379 g/mol. The van der Waals surface area contributed by atoms with Crippen molar-refractivity contribution < 1.29 is 2.85 Å². The zero-order valence-corrected chi connectivity index (χ0v) is 15.5. The lowest BCUT2D eigenvalue weighted by Gasteiger charge is -2.21. The fraction of sp³-hybridized carbons (Fsp3) is 0.368. The van der Waals surface area contributed by atoms with Crippen molar-refractivity contribution in [2.75, 3.05) is 5.32 Å². The number of anilines is 1. The predicted molar refractivity (Wildman–Crippen MR) is 108 cm³/mol. The van der Waals surface area contributed by atoms with E-state index in [0.717, 1.165) is 24.8 Å². The number of nitriles is 1. The third-order valence-corrected chi connectivity index (χ3v) is 5.43. The Balaban J connectivity index is 0.00000160. The molecule has 4 rings (SSSR count). The van der Waals surface area contributed by atoms with Crippen LogP contribution in [0.1, 0.15) is 34.7 Å². The maximum atomic E-state index is 8.85. The second kappa shape index (κ2) is 7.23. The highest BCUT2D eigenvalue weighted by Gasteiger charge is 2.37. The quantitative estimate of drug-likeness (QED) is 0.407. The number of H-pyrrole nitrogens is 1. The van der Waals surface area contributed by atoms with Crippen LogP contribution in [0.15, 0.2) is 30.9 Å². The van der Waals surface area contributed by atoms with Crippen molar-refractivity contribution in [1.29, 1.82) is 16.1 Å². The molecule has 9 nitrogen and oxygen atoms in total. The average Bonchev–Trinajstić information content (AvgIpc) is 3.34. The zero-order chi connectivity index (χ0) is 19.7. The molecule has 28 heavy (non-hydrogen) atoms. The Bertz CT molecular complexity index is 1110. The van der Waals surface area contributed by atoms with E-state index >= 15 is 0 Å². The van der Waals surface area contributed by atoms with Gasteiger partial charge in [-0.15, -0.1) is 0 Å². The van der Waals surface area contributed by atoms with Gasteiger partial charge in [-0.3, -0.25) is 15.4 Å². The van der Waals surface area contributed by atoms with Gasteiger partial charge in [0.1, 0.15) is 23.2 Å². The average molecular weight is 379 g/mol. The summed E-state index contributed by atoms with van der Waals surface area (Å²) in [5, 5.41) is 29.3. The lowest BCUT2D eigenvalue weighted by molar-refractivity contribution is 0.456. The molecular formula is C19H25N9. The molecule has 3 aromatic rings. The molecule has 0 radical (unpaired) electrons. The maximum absolute atomic E-state index is 8.85. The van der Waals surface area contributed by atoms with Gasteiger partial charge in [0.05, 0.1) is 24.1 Å². The van der Waals surface area contributed by atoms with Crippen LogP contribution in [0, 0.1) is 34.0 Å². The molecule has 1 aliphatic carbocycles. The minimum atomic E-state index is 0. The van der Waals surface area contributed by atoms with Gasteiger partial charge in [-0.05, 0) is 24.8 Å². The third-order valence-electron chi connectivity index (χ3n) is 5.43. The molecule has 0 aliphatic heterocycles. The van der Waals surface area contributed by atoms with Crippen molar-refractivity contribution in [2.24, 2.45) is 11.8 Å². The van der Waals surface area contributed by atoms with E-state index in [1.54, 1.807) is 17.0 Å². The first-order chi connectivity index (χ1) is 13.6. The molecule has 4 N–H and O–H groups in total. The Morgan fingerprint density at radius 1 is 1.36 bits per heavy atom. The number of nitrogens with zero attached hydrogens (tertiary/aromatic N) is 5. The minimum absolute atomic E-state index is 0. The van der Waals surface area contributed by atoms with Crippen LogP contribution >= 0.6 is 0 Å². The van der Waals surface area contributed by atoms with Crippen molar-refractivity contribution in [3.63, 3.8) is 0 Å². The Morgan fingerprint density at radius 3 is 2.93 bits per heavy atom. The van der Waals surface area contributed by atoms with Crippen molar-refractivity contribution in [3.8, 4) is 6.07 Å². The lowest BCUT2D eigenvalue weighted by atomic mass is 9.92. The Hall–Kier alpha value is -3.54. The van der Waals surface area contributed by atoms with Gasteiger partial charge in [-0.25, -0.2) is 15.0 Å². The Labute approximate surface area is 164 Å². The topological polar surface area (TPSA) is 143 Å². The molecule has 0 saturated heterocycles. The van der Waals surface area contributed by atoms with Crippen LogP contribution in [-0.2, 0) is 0 Å². The molecule has 146 valence electrons. The number of hydrogen-bond acceptors (Lipinski definition) is 7.